The van der Waals surface area contributed by atoms with Crippen molar-refractivity contribution in [2.75, 3.05) is 0 Å². The fourth-order valence-electron chi connectivity index (χ4n) is 2.28. The first-order valence-electron chi connectivity index (χ1n) is 5.26. The largest absolute Gasteiger partial charge is 0.212 e. The van der Waals surface area contributed by atoms with Crippen LogP contribution < -0.4 is 0 Å². The first kappa shape index (κ1) is 10.5. The molecule has 0 nitrogen and oxygen atoms in total. The Labute approximate surface area is 80.5 Å². The summed E-state index contributed by atoms with van der Waals surface area (Å²) in [6.45, 7) is 4.34. The molecule has 0 radical (unpaired) electrons. The molecule has 1 heteroatoms. The number of rotatable bonds is 4. The van der Waals surface area contributed by atoms with Gasteiger partial charge in [0.2, 0.25) is 0 Å². The quantitative estimate of drug-likeness (QED) is 0.605. The van der Waals surface area contributed by atoms with Crippen molar-refractivity contribution in [1.82, 2.24) is 0 Å². The third kappa shape index (κ3) is 2.68. The van der Waals surface area contributed by atoms with Crippen LogP contribution >= 0.6 is 0 Å². The summed E-state index contributed by atoms with van der Waals surface area (Å²) in [6.07, 6.45) is 10.8. The van der Waals surface area contributed by atoms with Gasteiger partial charge in [-0.1, -0.05) is 38.8 Å². The predicted molar refractivity (Wildman–Crippen MR) is 55.2 cm³/mol. The van der Waals surface area contributed by atoms with Crippen LogP contribution in [0.3, 0.4) is 0 Å². The smallest absolute Gasteiger partial charge is 0.101 e. The van der Waals surface area contributed by atoms with E-state index in [0.717, 1.165) is 25.7 Å². The van der Waals surface area contributed by atoms with E-state index in [1.165, 1.54) is 0 Å². The summed E-state index contributed by atoms with van der Waals surface area (Å²) in [7, 11) is 0. The summed E-state index contributed by atoms with van der Waals surface area (Å²) < 4.78 is 13.1. The number of allylic oxidation sites excluding steroid dienone is 4. The second-order valence-corrected chi connectivity index (χ2v) is 4.01. The second kappa shape index (κ2) is 4.59. The lowest BCUT2D eigenvalue weighted by Gasteiger charge is -2.31. The van der Waals surface area contributed by atoms with Gasteiger partial charge < -0.3 is 0 Å². The average molecular weight is 182 g/mol. The molecule has 1 rings (SSSR count). The molecule has 0 aromatic rings. The number of hydrogen-bond acceptors (Lipinski definition) is 0. The molecule has 1 aliphatic carbocycles. The van der Waals surface area contributed by atoms with Gasteiger partial charge >= 0.3 is 0 Å². The molecule has 0 aromatic heterocycles. The van der Waals surface area contributed by atoms with E-state index in [1.807, 2.05) is 6.08 Å². The van der Waals surface area contributed by atoms with Crippen LogP contribution in [-0.4, -0.2) is 0 Å². The highest BCUT2D eigenvalue weighted by Gasteiger charge is 2.28. The lowest BCUT2D eigenvalue weighted by atomic mass is 9.74. The van der Waals surface area contributed by atoms with Crippen molar-refractivity contribution in [1.29, 1.82) is 0 Å². The molecule has 0 atom stereocenters. The van der Waals surface area contributed by atoms with E-state index in [9.17, 15) is 4.39 Å². The van der Waals surface area contributed by atoms with E-state index < -0.39 is 0 Å². The van der Waals surface area contributed by atoms with Crippen molar-refractivity contribution in [3.63, 3.8) is 0 Å². The van der Waals surface area contributed by atoms with Gasteiger partial charge in [0.1, 0.15) is 5.83 Å². The van der Waals surface area contributed by atoms with E-state index in [2.05, 4.69) is 19.9 Å². The SMILES string of the molecule is CCCC1(CCC)C=CC=C(F)C1. The van der Waals surface area contributed by atoms with Gasteiger partial charge in [0.05, 0.1) is 0 Å². The highest BCUT2D eigenvalue weighted by atomic mass is 19.1. The van der Waals surface area contributed by atoms with Crippen LogP contribution in [0, 0.1) is 5.41 Å². The first-order valence-corrected chi connectivity index (χ1v) is 5.26. The van der Waals surface area contributed by atoms with Crippen molar-refractivity contribution in [2.24, 2.45) is 5.41 Å². The maximum absolute atomic E-state index is 13.1. The lowest BCUT2D eigenvalue weighted by molar-refractivity contribution is 0.287. The molecular formula is C12H19F. The fourth-order valence-corrected chi connectivity index (χ4v) is 2.28. The molecule has 0 spiro atoms. The Morgan fingerprint density at radius 2 is 1.92 bits per heavy atom. The summed E-state index contributed by atoms with van der Waals surface area (Å²) in [4.78, 5) is 0. The summed E-state index contributed by atoms with van der Waals surface area (Å²) >= 11 is 0. The van der Waals surface area contributed by atoms with Gasteiger partial charge in [-0.3, -0.25) is 0 Å². The lowest BCUT2D eigenvalue weighted by Crippen LogP contribution is -2.19. The standard InChI is InChI=1S/C12H19F/c1-3-7-12(8-4-2)9-5-6-11(13)10-12/h5-6,9H,3-4,7-8,10H2,1-2H3. The van der Waals surface area contributed by atoms with Crippen molar-refractivity contribution in [3.8, 4) is 0 Å². The monoisotopic (exact) mass is 182 g/mol. The summed E-state index contributed by atoms with van der Waals surface area (Å²) in [5.41, 5.74) is 0.127. The molecular weight excluding hydrogens is 163 g/mol. The topological polar surface area (TPSA) is 0 Å². The Morgan fingerprint density at radius 1 is 1.31 bits per heavy atom. The van der Waals surface area contributed by atoms with Crippen LogP contribution in [-0.2, 0) is 0 Å². The molecule has 0 fully saturated rings. The van der Waals surface area contributed by atoms with Crippen molar-refractivity contribution in [3.05, 3.63) is 24.1 Å². The Balaban J connectivity index is 2.69. The van der Waals surface area contributed by atoms with Gasteiger partial charge in [-0.15, -0.1) is 0 Å². The van der Waals surface area contributed by atoms with Gasteiger partial charge in [-0.2, -0.15) is 0 Å². The minimum atomic E-state index is 0.0457. The Hall–Kier alpha value is -0.590. The van der Waals surface area contributed by atoms with E-state index in [1.54, 1.807) is 6.08 Å². The molecule has 0 N–H and O–H groups in total. The molecule has 0 amide bonds. The highest BCUT2D eigenvalue weighted by molar-refractivity contribution is 5.20. The molecule has 0 unspecified atom stereocenters. The van der Waals surface area contributed by atoms with Gasteiger partial charge in [-0.25, -0.2) is 4.39 Å². The third-order valence-electron chi connectivity index (χ3n) is 2.74. The zero-order chi connectivity index (χ0) is 9.73. The molecule has 0 heterocycles. The van der Waals surface area contributed by atoms with E-state index in [-0.39, 0.29) is 11.2 Å². The molecule has 0 aromatic carbocycles. The minimum absolute atomic E-state index is 0.0457. The average Bonchev–Trinajstić information content (AvgIpc) is 2.04. The van der Waals surface area contributed by atoms with Crippen molar-refractivity contribution >= 4 is 0 Å². The second-order valence-electron chi connectivity index (χ2n) is 4.01. The number of halogens is 1. The fraction of sp³-hybridized carbons (Fsp3) is 0.667. The van der Waals surface area contributed by atoms with Crippen LogP contribution in [0.5, 0.6) is 0 Å². The van der Waals surface area contributed by atoms with Gasteiger partial charge in [0.15, 0.2) is 0 Å². The normalized spacial score (nSPS) is 20.1. The Morgan fingerprint density at radius 3 is 2.38 bits per heavy atom. The molecule has 1 aliphatic rings. The molecule has 74 valence electrons. The number of hydrogen-bond donors (Lipinski definition) is 0. The summed E-state index contributed by atoms with van der Waals surface area (Å²) in [5, 5.41) is 0. The zero-order valence-electron chi connectivity index (χ0n) is 8.65. The Kier molecular flexibility index (Phi) is 3.71. The zero-order valence-corrected chi connectivity index (χ0v) is 8.65. The molecule has 0 saturated carbocycles. The van der Waals surface area contributed by atoms with Gasteiger partial charge in [-0.05, 0) is 24.3 Å². The van der Waals surface area contributed by atoms with Crippen LogP contribution in [0.4, 0.5) is 4.39 Å². The predicted octanol–water partition coefficient (Wildman–Crippen LogP) is 4.39. The summed E-state index contributed by atoms with van der Waals surface area (Å²) in [5.74, 6) is 0.0457. The van der Waals surface area contributed by atoms with Crippen molar-refractivity contribution < 1.29 is 4.39 Å². The van der Waals surface area contributed by atoms with Crippen LogP contribution in [0.2, 0.25) is 0 Å². The maximum Gasteiger partial charge on any atom is 0.101 e. The third-order valence-corrected chi connectivity index (χ3v) is 2.74. The van der Waals surface area contributed by atoms with Crippen LogP contribution in [0.25, 0.3) is 0 Å². The van der Waals surface area contributed by atoms with Gasteiger partial charge in [0.25, 0.3) is 0 Å². The highest BCUT2D eigenvalue weighted by Crippen LogP contribution is 2.40. The minimum Gasteiger partial charge on any atom is -0.212 e. The Bertz CT molecular complexity index is 207. The van der Waals surface area contributed by atoms with Gasteiger partial charge in [0, 0.05) is 6.42 Å². The molecule has 0 saturated heterocycles. The molecule has 0 bridgehead atoms. The van der Waals surface area contributed by atoms with Crippen LogP contribution in [0.1, 0.15) is 46.0 Å². The summed E-state index contributed by atoms with van der Waals surface area (Å²) in [6, 6.07) is 0. The molecule has 0 aliphatic heterocycles. The first-order chi connectivity index (χ1) is 6.22. The maximum atomic E-state index is 13.1. The van der Waals surface area contributed by atoms with Crippen LogP contribution in [0.15, 0.2) is 24.1 Å². The van der Waals surface area contributed by atoms with Crippen molar-refractivity contribution in [2.45, 2.75) is 46.0 Å². The van der Waals surface area contributed by atoms with E-state index >= 15 is 0 Å². The van der Waals surface area contributed by atoms with E-state index in [4.69, 9.17) is 0 Å². The van der Waals surface area contributed by atoms with E-state index in [0.29, 0.717) is 6.42 Å². The molecule has 13 heavy (non-hydrogen) atoms.